The van der Waals surface area contributed by atoms with E-state index in [1.807, 2.05) is 24.3 Å². The number of benzene rings is 2. The highest BCUT2D eigenvalue weighted by molar-refractivity contribution is 5.97. The van der Waals surface area contributed by atoms with Crippen molar-refractivity contribution in [3.8, 4) is 0 Å². The SMILES string of the molecule is COC(=O)c1cccc(COCC(=O)c2ccccc2)c1. The molecule has 0 bridgehead atoms. The van der Waals surface area contributed by atoms with Crippen LogP contribution in [0, 0.1) is 0 Å². The number of carbonyl (C=O) groups is 2. The molecule has 0 aliphatic heterocycles. The van der Waals surface area contributed by atoms with Gasteiger partial charge in [-0.1, -0.05) is 42.5 Å². The predicted octanol–water partition coefficient (Wildman–Crippen LogP) is 2.87. The summed E-state index contributed by atoms with van der Waals surface area (Å²) >= 11 is 0. The molecule has 2 aromatic rings. The van der Waals surface area contributed by atoms with Crippen LogP contribution >= 0.6 is 0 Å². The van der Waals surface area contributed by atoms with Gasteiger partial charge in [-0.2, -0.15) is 0 Å². The molecule has 4 nitrogen and oxygen atoms in total. The second-order valence-electron chi connectivity index (χ2n) is 4.47. The van der Waals surface area contributed by atoms with Gasteiger partial charge in [-0.25, -0.2) is 4.79 Å². The number of hydrogen-bond donors (Lipinski definition) is 0. The Morgan fingerprint density at radius 1 is 0.952 bits per heavy atom. The zero-order chi connectivity index (χ0) is 15.1. The molecule has 0 unspecified atom stereocenters. The number of esters is 1. The van der Waals surface area contributed by atoms with Crippen molar-refractivity contribution < 1.29 is 19.1 Å². The molecule has 2 rings (SSSR count). The minimum Gasteiger partial charge on any atom is -0.465 e. The van der Waals surface area contributed by atoms with E-state index in [2.05, 4.69) is 4.74 Å². The van der Waals surface area contributed by atoms with Crippen LogP contribution in [0.3, 0.4) is 0 Å². The smallest absolute Gasteiger partial charge is 0.337 e. The Balaban J connectivity index is 1.89. The molecule has 0 N–H and O–H groups in total. The molecule has 0 aromatic heterocycles. The van der Waals surface area contributed by atoms with Crippen LogP contribution in [0.15, 0.2) is 54.6 Å². The Labute approximate surface area is 123 Å². The predicted molar refractivity (Wildman–Crippen MR) is 78.2 cm³/mol. The average molecular weight is 284 g/mol. The van der Waals surface area contributed by atoms with E-state index in [4.69, 9.17) is 4.74 Å². The molecule has 108 valence electrons. The number of ketones is 1. The highest BCUT2D eigenvalue weighted by Crippen LogP contribution is 2.08. The third-order valence-electron chi connectivity index (χ3n) is 2.95. The Kier molecular flexibility index (Phi) is 5.23. The van der Waals surface area contributed by atoms with Crippen LogP contribution in [0.4, 0.5) is 0 Å². The zero-order valence-electron chi connectivity index (χ0n) is 11.7. The monoisotopic (exact) mass is 284 g/mol. The first-order valence-electron chi connectivity index (χ1n) is 6.54. The molecule has 2 aromatic carbocycles. The summed E-state index contributed by atoms with van der Waals surface area (Å²) in [6, 6.07) is 15.9. The highest BCUT2D eigenvalue weighted by Gasteiger charge is 2.07. The molecule has 0 saturated heterocycles. The molecule has 0 aliphatic rings. The lowest BCUT2D eigenvalue weighted by Crippen LogP contribution is -2.09. The summed E-state index contributed by atoms with van der Waals surface area (Å²) in [5, 5.41) is 0. The van der Waals surface area contributed by atoms with Crippen molar-refractivity contribution in [1.29, 1.82) is 0 Å². The molecular weight excluding hydrogens is 268 g/mol. The van der Waals surface area contributed by atoms with Gasteiger partial charge in [0.25, 0.3) is 0 Å². The molecular formula is C17H16O4. The van der Waals surface area contributed by atoms with Gasteiger partial charge in [-0.05, 0) is 17.7 Å². The minimum absolute atomic E-state index is 0.00641. The van der Waals surface area contributed by atoms with E-state index in [1.54, 1.807) is 30.3 Å². The summed E-state index contributed by atoms with van der Waals surface area (Å²) in [4.78, 5) is 23.3. The molecule has 4 heteroatoms. The van der Waals surface area contributed by atoms with Crippen molar-refractivity contribution in [1.82, 2.24) is 0 Å². The van der Waals surface area contributed by atoms with Gasteiger partial charge in [0.15, 0.2) is 5.78 Å². The molecule has 21 heavy (non-hydrogen) atoms. The van der Waals surface area contributed by atoms with Crippen LogP contribution in [-0.4, -0.2) is 25.5 Å². The summed E-state index contributed by atoms with van der Waals surface area (Å²) in [5.74, 6) is -0.461. The van der Waals surface area contributed by atoms with E-state index in [0.29, 0.717) is 11.1 Å². The molecule has 0 amide bonds. The molecule has 0 heterocycles. The van der Waals surface area contributed by atoms with Gasteiger partial charge < -0.3 is 9.47 Å². The summed E-state index contributed by atoms with van der Waals surface area (Å²) in [7, 11) is 1.34. The summed E-state index contributed by atoms with van der Waals surface area (Å²) in [6.07, 6.45) is 0. The first-order valence-corrected chi connectivity index (χ1v) is 6.54. The van der Waals surface area contributed by atoms with Gasteiger partial charge >= 0.3 is 5.97 Å². The molecule has 0 aliphatic carbocycles. The Bertz CT molecular complexity index is 620. The fraction of sp³-hybridized carbons (Fsp3) is 0.176. The van der Waals surface area contributed by atoms with Gasteiger partial charge in [0, 0.05) is 5.56 Å². The summed E-state index contributed by atoms with van der Waals surface area (Å²) in [5.41, 5.74) is 1.91. The fourth-order valence-corrected chi connectivity index (χ4v) is 1.87. The maximum Gasteiger partial charge on any atom is 0.337 e. The second-order valence-corrected chi connectivity index (χ2v) is 4.47. The van der Waals surface area contributed by atoms with Crippen molar-refractivity contribution in [3.63, 3.8) is 0 Å². The van der Waals surface area contributed by atoms with Gasteiger partial charge in [0.1, 0.15) is 6.61 Å². The van der Waals surface area contributed by atoms with Crippen LogP contribution in [0.5, 0.6) is 0 Å². The quantitative estimate of drug-likeness (QED) is 0.604. The van der Waals surface area contributed by atoms with Crippen molar-refractivity contribution in [2.75, 3.05) is 13.7 Å². The normalized spacial score (nSPS) is 10.1. The lowest BCUT2D eigenvalue weighted by molar-refractivity contribution is 0.0598. The van der Waals surface area contributed by atoms with Crippen molar-refractivity contribution in [2.45, 2.75) is 6.61 Å². The third kappa shape index (κ3) is 4.26. The first-order chi connectivity index (χ1) is 10.2. The van der Waals surface area contributed by atoms with Crippen molar-refractivity contribution in [2.24, 2.45) is 0 Å². The molecule has 0 saturated carbocycles. The maximum atomic E-state index is 11.9. The molecule has 0 atom stereocenters. The first kappa shape index (κ1) is 14.9. The minimum atomic E-state index is -0.391. The van der Waals surface area contributed by atoms with Crippen LogP contribution in [0.2, 0.25) is 0 Å². The van der Waals surface area contributed by atoms with E-state index < -0.39 is 5.97 Å². The number of carbonyl (C=O) groups excluding carboxylic acids is 2. The molecule has 0 spiro atoms. The fourth-order valence-electron chi connectivity index (χ4n) is 1.87. The van der Waals surface area contributed by atoms with Gasteiger partial charge in [0.05, 0.1) is 19.3 Å². The van der Waals surface area contributed by atoms with E-state index in [0.717, 1.165) is 5.56 Å². The number of hydrogen-bond acceptors (Lipinski definition) is 4. The standard InChI is InChI=1S/C17H16O4/c1-20-17(19)15-9-5-6-13(10-15)11-21-12-16(18)14-7-3-2-4-8-14/h2-10H,11-12H2,1H3. The van der Waals surface area contributed by atoms with E-state index in [9.17, 15) is 9.59 Å². The van der Waals surface area contributed by atoms with Crippen molar-refractivity contribution >= 4 is 11.8 Å². The van der Waals surface area contributed by atoms with E-state index >= 15 is 0 Å². The number of Topliss-reactive ketones (excluding diaryl/α,β-unsaturated/α-hetero) is 1. The van der Waals surface area contributed by atoms with Gasteiger partial charge in [-0.15, -0.1) is 0 Å². The number of ether oxygens (including phenoxy) is 2. The maximum absolute atomic E-state index is 11.9. The molecule has 0 radical (unpaired) electrons. The third-order valence-corrected chi connectivity index (χ3v) is 2.95. The topological polar surface area (TPSA) is 52.6 Å². The lowest BCUT2D eigenvalue weighted by Gasteiger charge is -2.06. The average Bonchev–Trinajstić information content (AvgIpc) is 2.55. The van der Waals surface area contributed by atoms with Crippen LogP contribution < -0.4 is 0 Å². The van der Waals surface area contributed by atoms with Gasteiger partial charge in [0.2, 0.25) is 0 Å². The van der Waals surface area contributed by atoms with E-state index in [1.165, 1.54) is 7.11 Å². The highest BCUT2D eigenvalue weighted by atomic mass is 16.5. The molecule has 0 fully saturated rings. The largest absolute Gasteiger partial charge is 0.465 e. The second kappa shape index (κ2) is 7.36. The lowest BCUT2D eigenvalue weighted by atomic mass is 10.1. The van der Waals surface area contributed by atoms with E-state index in [-0.39, 0.29) is 19.0 Å². The van der Waals surface area contributed by atoms with Crippen LogP contribution in [-0.2, 0) is 16.1 Å². The Hall–Kier alpha value is -2.46. The summed E-state index contributed by atoms with van der Waals surface area (Å²) in [6.45, 7) is 0.274. The number of rotatable bonds is 6. The van der Waals surface area contributed by atoms with Crippen LogP contribution in [0.25, 0.3) is 0 Å². The van der Waals surface area contributed by atoms with Crippen molar-refractivity contribution in [3.05, 3.63) is 71.3 Å². The Morgan fingerprint density at radius 3 is 2.38 bits per heavy atom. The summed E-state index contributed by atoms with van der Waals surface area (Å²) < 4.78 is 10.1. The Morgan fingerprint density at radius 2 is 1.67 bits per heavy atom. The zero-order valence-corrected chi connectivity index (χ0v) is 11.7. The van der Waals surface area contributed by atoms with Gasteiger partial charge in [-0.3, -0.25) is 4.79 Å². The number of methoxy groups -OCH3 is 1. The van der Waals surface area contributed by atoms with Crippen LogP contribution in [0.1, 0.15) is 26.3 Å².